The molecule has 1 atom stereocenters. The fraction of sp³-hybridized carbons (Fsp3) is 0.273. The quantitative estimate of drug-likeness (QED) is 0.763. The Labute approximate surface area is 126 Å². The van der Waals surface area contributed by atoms with Crippen molar-refractivity contribution in [2.45, 2.75) is 13.0 Å². The normalized spacial score (nSPS) is 12.9. The molecule has 0 amide bonds. The molecule has 17 heavy (non-hydrogen) atoms. The van der Waals surface area contributed by atoms with Crippen LogP contribution in [-0.4, -0.2) is 6.54 Å². The van der Waals surface area contributed by atoms with Gasteiger partial charge < -0.3 is 9.73 Å². The lowest BCUT2D eigenvalue weighted by Gasteiger charge is -2.15. The zero-order valence-corrected chi connectivity index (χ0v) is 13.7. The minimum atomic E-state index is 0.0990. The first-order valence-electron chi connectivity index (χ1n) is 5.04. The SMILES string of the molecule is CCNC(c1cc(Br)c(Cl)s1)c1ccoc1Br. The predicted octanol–water partition coefficient (Wildman–Crippen LogP) is 5.22. The number of halogens is 3. The molecule has 0 spiro atoms. The van der Waals surface area contributed by atoms with Crippen molar-refractivity contribution in [3.8, 4) is 0 Å². The molecule has 0 saturated heterocycles. The monoisotopic (exact) mass is 397 g/mol. The molecule has 0 bridgehead atoms. The van der Waals surface area contributed by atoms with Gasteiger partial charge in [-0.1, -0.05) is 18.5 Å². The van der Waals surface area contributed by atoms with E-state index in [1.807, 2.05) is 12.1 Å². The van der Waals surface area contributed by atoms with Gasteiger partial charge in [0, 0.05) is 14.9 Å². The molecule has 2 heterocycles. The van der Waals surface area contributed by atoms with Crippen LogP contribution in [0.25, 0.3) is 0 Å². The van der Waals surface area contributed by atoms with Crippen LogP contribution < -0.4 is 5.32 Å². The van der Waals surface area contributed by atoms with Crippen LogP contribution in [-0.2, 0) is 0 Å². The molecule has 0 aliphatic carbocycles. The van der Waals surface area contributed by atoms with Crippen LogP contribution in [0.4, 0.5) is 0 Å². The average molecular weight is 400 g/mol. The van der Waals surface area contributed by atoms with Crippen LogP contribution in [0.1, 0.15) is 23.4 Å². The number of furan rings is 1. The third kappa shape index (κ3) is 2.96. The maximum Gasteiger partial charge on any atom is 0.174 e. The van der Waals surface area contributed by atoms with Gasteiger partial charge in [-0.25, -0.2) is 0 Å². The van der Waals surface area contributed by atoms with Crippen molar-refractivity contribution in [2.75, 3.05) is 6.54 Å². The zero-order chi connectivity index (χ0) is 12.4. The van der Waals surface area contributed by atoms with Gasteiger partial charge in [-0.3, -0.25) is 0 Å². The highest BCUT2D eigenvalue weighted by molar-refractivity contribution is 9.10. The van der Waals surface area contributed by atoms with E-state index in [9.17, 15) is 0 Å². The smallest absolute Gasteiger partial charge is 0.174 e. The summed E-state index contributed by atoms with van der Waals surface area (Å²) in [4.78, 5) is 1.16. The summed E-state index contributed by atoms with van der Waals surface area (Å²) in [6, 6.07) is 4.10. The highest BCUT2D eigenvalue weighted by Gasteiger charge is 2.20. The molecule has 2 aromatic heterocycles. The molecular formula is C11H10Br2ClNOS. The molecular weight excluding hydrogens is 389 g/mol. The van der Waals surface area contributed by atoms with E-state index in [0.717, 1.165) is 30.5 Å². The van der Waals surface area contributed by atoms with Crippen molar-refractivity contribution in [3.63, 3.8) is 0 Å². The summed E-state index contributed by atoms with van der Waals surface area (Å²) in [6.45, 7) is 2.95. The maximum atomic E-state index is 6.08. The standard InChI is InChI=1S/C11H10Br2ClNOS/c1-2-15-9(6-3-4-16-10(6)13)8-5-7(12)11(14)17-8/h3-5,9,15H,2H2,1H3. The Morgan fingerprint density at radius 2 is 2.29 bits per heavy atom. The summed E-state index contributed by atoms with van der Waals surface area (Å²) in [6.07, 6.45) is 1.67. The summed E-state index contributed by atoms with van der Waals surface area (Å²) in [5.41, 5.74) is 1.08. The molecule has 1 N–H and O–H groups in total. The Morgan fingerprint density at radius 3 is 2.76 bits per heavy atom. The van der Waals surface area contributed by atoms with Crippen molar-refractivity contribution in [1.29, 1.82) is 0 Å². The molecule has 1 unspecified atom stereocenters. The molecule has 6 heteroatoms. The molecule has 0 radical (unpaired) electrons. The van der Waals surface area contributed by atoms with Gasteiger partial charge in [0.25, 0.3) is 0 Å². The Kier molecular flexibility index (Phi) is 4.72. The van der Waals surface area contributed by atoms with E-state index in [0.29, 0.717) is 0 Å². The van der Waals surface area contributed by atoms with Crippen molar-refractivity contribution < 1.29 is 4.42 Å². The molecule has 0 fully saturated rings. The predicted molar refractivity (Wildman–Crippen MR) is 79.0 cm³/mol. The van der Waals surface area contributed by atoms with Gasteiger partial charge in [-0.2, -0.15) is 0 Å². The second-order valence-corrected chi connectivity index (χ2v) is 6.67. The zero-order valence-electron chi connectivity index (χ0n) is 8.97. The Balaban J connectivity index is 2.39. The lowest BCUT2D eigenvalue weighted by atomic mass is 10.1. The summed E-state index contributed by atoms with van der Waals surface area (Å²) in [7, 11) is 0. The topological polar surface area (TPSA) is 25.2 Å². The summed E-state index contributed by atoms with van der Waals surface area (Å²) >= 11 is 14.5. The number of hydrogen-bond donors (Lipinski definition) is 1. The van der Waals surface area contributed by atoms with Gasteiger partial charge >= 0.3 is 0 Å². The van der Waals surface area contributed by atoms with Crippen LogP contribution in [0.3, 0.4) is 0 Å². The molecule has 0 aromatic carbocycles. The number of rotatable bonds is 4. The van der Waals surface area contributed by atoms with E-state index in [2.05, 4.69) is 44.1 Å². The molecule has 0 aliphatic heterocycles. The third-order valence-corrected chi connectivity index (χ3v) is 5.50. The van der Waals surface area contributed by atoms with Crippen molar-refractivity contribution >= 4 is 54.8 Å². The Hall–Kier alpha value is 0.190. The fourth-order valence-electron chi connectivity index (χ4n) is 1.58. The maximum absolute atomic E-state index is 6.08. The van der Waals surface area contributed by atoms with E-state index < -0.39 is 0 Å². The summed E-state index contributed by atoms with van der Waals surface area (Å²) < 4.78 is 7.74. The minimum absolute atomic E-state index is 0.0990. The molecule has 0 saturated carbocycles. The molecule has 92 valence electrons. The van der Waals surface area contributed by atoms with Crippen molar-refractivity contribution in [2.24, 2.45) is 0 Å². The van der Waals surface area contributed by atoms with Gasteiger partial charge in [0.2, 0.25) is 0 Å². The van der Waals surface area contributed by atoms with Crippen LogP contribution >= 0.6 is 54.8 Å². The number of hydrogen-bond acceptors (Lipinski definition) is 3. The van der Waals surface area contributed by atoms with E-state index >= 15 is 0 Å². The van der Waals surface area contributed by atoms with Gasteiger partial charge in [0.1, 0.15) is 4.34 Å². The second-order valence-electron chi connectivity index (χ2n) is 3.41. The van der Waals surface area contributed by atoms with Gasteiger partial charge in [0.15, 0.2) is 4.67 Å². The molecule has 2 aromatic rings. The lowest BCUT2D eigenvalue weighted by Crippen LogP contribution is -2.20. The lowest BCUT2D eigenvalue weighted by molar-refractivity contribution is 0.527. The van der Waals surface area contributed by atoms with Crippen molar-refractivity contribution in [1.82, 2.24) is 5.32 Å². The average Bonchev–Trinajstić information content (AvgIpc) is 2.83. The Bertz CT molecular complexity index is 492. The van der Waals surface area contributed by atoms with E-state index in [1.165, 1.54) is 0 Å². The largest absolute Gasteiger partial charge is 0.457 e. The highest BCUT2D eigenvalue weighted by Crippen LogP contribution is 2.39. The van der Waals surface area contributed by atoms with E-state index in [1.54, 1.807) is 17.6 Å². The third-order valence-electron chi connectivity index (χ3n) is 2.31. The first-order valence-corrected chi connectivity index (χ1v) is 7.82. The van der Waals surface area contributed by atoms with Gasteiger partial charge in [-0.05, 0) is 50.5 Å². The number of thiophene rings is 1. The summed E-state index contributed by atoms with van der Waals surface area (Å²) in [5.74, 6) is 0. The second kappa shape index (κ2) is 5.89. The van der Waals surface area contributed by atoms with Crippen LogP contribution in [0.15, 0.2) is 32.0 Å². The van der Waals surface area contributed by atoms with Crippen LogP contribution in [0, 0.1) is 0 Å². The minimum Gasteiger partial charge on any atom is -0.457 e. The first kappa shape index (κ1) is 13.6. The number of nitrogens with one attached hydrogen (secondary N) is 1. The first-order chi connectivity index (χ1) is 8.13. The summed E-state index contributed by atoms with van der Waals surface area (Å²) in [5, 5.41) is 3.42. The van der Waals surface area contributed by atoms with E-state index in [4.69, 9.17) is 16.0 Å². The van der Waals surface area contributed by atoms with Crippen LogP contribution in [0.2, 0.25) is 4.34 Å². The molecule has 2 rings (SSSR count). The van der Waals surface area contributed by atoms with Gasteiger partial charge in [0.05, 0.1) is 12.3 Å². The fourth-order valence-corrected chi connectivity index (χ4v) is 3.88. The molecule has 0 aliphatic rings. The molecule has 2 nitrogen and oxygen atoms in total. The van der Waals surface area contributed by atoms with Crippen LogP contribution in [0.5, 0.6) is 0 Å². The van der Waals surface area contributed by atoms with E-state index in [-0.39, 0.29) is 6.04 Å². The van der Waals surface area contributed by atoms with Crippen molar-refractivity contribution in [3.05, 3.63) is 42.3 Å². The Morgan fingerprint density at radius 1 is 1.53 bits per heavy atom. The highest BCUT2D eigenvalue weighted by atomic mass is 79.9. The van der Waals surface area contributed by atoms with Gasteiger partial charge in [-0.15, -0.1) is 11.3 Å².